The monoisotopic (exact) mass is 315 g/mol. The van der Waals surface area contributed by atoms with Crippen molar-refractivity contribution in [2.45, 2.75) is 51.5 Å². The zero-order chi connectivity index (χ0) is 15.6. The molecule has 0 bridgehead atoms. The Kier molecular flexibility index (Phi) is 4.12. The first-order chi connectivity index (χ1) is 11.3. The molecule has 0 spiro atoms. The van der Waals surface area contributed by atoms with Crippen molar-refractivity contribution in [3.63, 3.8) is 0 Å². The molecule has 2 aliphatic rings. The molecular formula is C18H25N3O2. The van der Waals surface area contributed by atoms with E-state index in [1.54, 1.807) is 0 Å². The number of hydrogen-bond donors (Lipinski definition) is 1. The summed E-state index contributed by atoms with van der Waals surface area (Å²) in [7, 11) is 0. The number of ether oxygens (including phenoxy) is 2. The molecule has 5 heteroatoms. The van der Waals surface area contributed by atoms with Gasteiger partial charge in [0.05, 0.1) is 11.0 Å². The van der Waals surface area contributed by atoms with E-state index in [-0.39, 0.29) is 0 Å². The molecule has 1 aromatic heterocycles. The molecule has 2 aromatic rings. The van der Waals surface area contributed by atoms with E-state index >= 15 is 0 Å². The summed E-state index contributed by atoms with van der Waals surface area (Å²) in [4.78, 5) is 4.87. The van der Waals surface area contributed by atoms with Gasteiger partial charge in [0.15, 0.2) is 11.5 Å². The lowest BCUT2D eigenvalue weighted by Crippen LogP contribution is -2.14. The van der Waals surface area contributed by atoms with E-state index in [2.05, 4.69) is 4.57 Å². The second-order valence-electron chi connectivity index (χ2n) is 6.71. The molecule has 0 amide bonds. The molecule has 1 fully saturated rings. The van der Waals surface area contributed by atoms with Crippen LogP contribution in [0.15, 0.2) is 12.1 Å². The Morgan fingerprint density at radius 1 is 1.13 bits per heavy atom. The molecule has 0 saturated heterocycles. The van der Waals surface area contributed by atoms with Gasteiger partial charge in [-0.15, -0.1) is 0 Å². The van der Waals surface area contributed by atoms with Crippen molar-refractivity contribution in [2.24, 2.45) is 11.7 Å². The van der Waals surface area contributed by atoms with Crippen molar-refractivity contribution in [2.75, 3.05) is 13.3 Å². The normalized spacial score (nSPS) is 18.0. The van der Waals surface area contributed by atoms with E-state index in [1.165, 1.54) is 38.5 Å². The average Bonchev–Trinajstić information content (AvgIpc) is 3.16. The maximum atomic E-state index is 5.83. The minimum atomic E-state index is 0.299. The molecular weight excluding hydrogens is 290 g/mol. The maximum Gasteiger partial charge on any atom is 0.231 e. The van der Waals surface area contributed by atoms with Gasteiger partial charge in [-0.1, -0.05) is 32.1 Å². The van der Waals surface area contributed by atoms with Crippen molar-refractivity contribution in [1.82, 2.24) is 9.55 Å². The highest BCUT2D eigenvalue weighted by molar-refractivity contribution is 5.81. The van der Waals surface area contributed by atoms with Gasteiger partial charge in [0, 0.05) is 31.6 Å². The summed E-state index contributed by atoms with van der Waals surface area (Å²) in [6, 6.07) is 4.04. The number of aryl methyl sites for hydroxylation is 1. The van der Waals surface area contributed by atoms with Gasteiger partial charge in [-0.05, 0) is 12.3 Å². The minimum Gasteiger partial charge on any atom is -0.454 e. The standard InChI is InChI=1S/C18H25N3O2/c19-8-9-21-15-11-17-16(22-12-23-17)10-14(15)20-18(21)7-6-13-4-2-1-3-5-13/h10-11,13H,1-9,12,19H2. The van der Waals surface area contributed by atoms with Crippen LogP contribution in [0.1, 0.15) is 44.3 Å². The van der Waals surface area contributed by atoms with Crippen LogP contribution in [0.5, 0.6) is 11.5 Å². The topological polar surface area (TPSA) is 62.3 Å². The van der Waals surface area contributed by atoms with Crippen LogP contribution in [0, 0.1) is 5.92 Å². The van der Waals surface area contributed by atoms with E-state index in [0.717, 1.165) is 47.2 Å². The predicted molar refractivity (Wildman–Crippen MR) is 89.8 cm³/mol. The third-order valence-electron chi connectivity index (χ3n) is 5.18. The largest absolute Gasteiger partial charge is 0.454 e. The van der Waals surface area contributed by atoms with Crippen LogP contribution in [0.2, 0.25) is 0 Å². The maximum absolute atomic E-state index is 5.83. The highest BCUT2D eigenvalue weighted by atomic mass is 16.7. The Hall–Kier alpha value is -1.75. The Labute approximate surface area is 136 Å². The molecule has 124 valence electrons. The smallest absolute Gasteiger partial charge is 0.231 e. The summed E-state index contributed by atoms with van der Waals surface area (Å²) in [5.41, 5.74) is 7.92. The minimum absolute atomic E-state index is 0.299. The van der Waals surface area contributed by atoms with Gasteiger partial charge in [-0.2, -0.15) is 0 Å². The molecule has 23 heavy (non-hydrogen) atoms. The SMILES string of the molecule is NCCn1c(CCC2CCCCC2)nc2cc3c(cc21)OCO3. The highest BCUT2D eigenvalue weighted by Gasteiger charge is 2.20. The lowest BCUT2D eigenvalue weighted by Gasteiger charge is -2.21. The number of fused-ring (bicyclic) bond motifs is 2. The second-order valence-corrected chi connectivity index (χ2v) is 6.71. The summed E-state index contributed by atoms with van der Waals surface area (Å²) in [5.74, 6) is 3.63. The Morgan fingerprint density at radius 2 is 1.91 bits per heavy atom. The number of nitrogens with two attached hydrogens (primary N) is 1. The molecule has 1 aromatic carbocycles. The first-order valence-electron chi connectivity index (χ1n) is 8.84. The molecule has 5 nitrogen and oxygen atoms in total. The van der Waals surface area contributed by atoms with Gasteiger partial charge in [-0.25, -0.2) is 4.98 Å². The van der Waals surface area contributed by atoms with Crippen LogP contribution < -0.4 is 15.2 Å². The Bertz CT molecular complexity index is 689. The molecule has 0 radical (unpaired) electrons. The van der Waals surface area contributed by atoms with Crippen molar-refractivity contribution >= 4 is 11.0 Å². The summed E-state index contributed by atoms with van der Waals surface area (Å²) in [5, 5.41) is 0. The van der Waals surface area contributed by atoms with Gasteiger partial charge in [0.25, 0.3) is 0 Å². The van der Waals surface area contributed by atoms with E-state index in [1.807, 2.05) is 12.1 Å². The molecule has 2 heterocycles. The fraction of sp³-hybridized carbons (Fsp3) is 0.611. The van der Waals surface area contributed by atoms with Crippen LogP contribution in [0.25, 0.3) is 11.0 Å². The first-order valence-corrected chi connectivity index (χ1v) is 8.84. The van der Waals surface area contributed by atoms with Crippen molar-refractivity contribution in [1.29, 1.82) is 0 Å². The molecule has 1 saturated carbocycles. The predicted octanol–water partition coefficient (Wildman–Crippen LogP) is 3.24. The number of imidazole rings is 1. The zero-order valence-corrected chi connectivity index (χ0v) is 13.6. The molecule has 0 unspecified atom stereocenters. The number of nitrogens with zero attached hydrogens (tertiary/aromatic N) is 2. The van der Waals surface area contributed by atoms with Gasteiger partial charge in [0.2, 0.25) is 6.79 Å². The zero-order valence-electron chi connectivity index (χ0n) is 13.6. The van der Waals surface area contributed by atoms with Crippen LogP contribution in [0.4, 0.5) is 0 Å². The average molecular weight is 315 g/mol. The molecule has 4 rings (SSSR count). The third-order valence-corrected chi connectivity index (χ3v) is 5.18. The van der Waals surface area contributed by atoms with E-state index in [4.69, 9.17) is 20.2 Å². The van der Waals surface area contributed by atoms with Gasteiger partial charge in [0.1, 0.15) is 5.82 Å². The fourth-order valence-electron chi connectivity index (χ4n) is 3.94. The van der Waals surface area contributed by atoms with E-state index < -0.39 is 0 Å². The van der Waals surface area contributed by atoms with Crippen molar-refractivity contribution < 1.29 is 9.47 Å². The Morgan fingerprint density at radius 3 is 2.70 bits per heavy atom. The van der Waals surface area contributed by atoms with E-state index in [0.29, 0.717) is 13.3 Å². The summed E-state index contributed by atoms with van der Waals surface area (Å²) >= 11 is 0. The van der Waals surface area contributed by atoms with Crippen LogP contribution >= 0.6 is 0 Å². The fourth-order valence-corrected chi connectivity index (χ4v) is 3.94. The summed E-state index contributed by atoms with van der Waals surface area (Å²) in [6.45, 7) is 1.72. The molecule has 2 N–H and O–H groups in total. The van der Waals surface area contributed by atoms with Gasteiger partial charge in [-0.3, -0.25) is 0 Å². The third kappa shape index (κ3) is 2.90. The van der Waals surface area contributed by atoms with Gasteiger partial charge >= 0.3 is 0 Å². The highest BCUT2D eigenvalue weighted by Crippen LogP contribution is 2.36. The molecule has 1 aliphatic heterocycles. The Balaban J connectivity index is 1.61. The van der Waals surface area contributed by atoms with Crippen molar-refractivity contribution in [3.8, 4) is 11.5 Å². The summed E-state index contributed by atoms with van der Waals surface area (Å²) < 4.78 is 13.2. The van der Waals surface area contributed by atoms with Crippen molar-refractivity contribution in [3.05, 3.63) is 18.0 Å². The number of benzene rings is 1. The lowest BCUT2D eigenvalue weighted by molar-refractivity contribution is 0.174. The molecule has 0 atom stereocenters. The number of rotatable bonds is 5. The van der Waals surface area contributed by atoms with E-state index in [9.17, 15) is 0 Å². The molecule has 1 aliphatic carbocycles. The van der Waals surface area contributed by atoms with Gasteiger partial charge < -0.3 is 19.8 Å². The number of aromatic nitrogens is 2. The second kappa shape index (κ2) is 6.40. The quantitative estimate of drug-likeness (QED) is 0.920. The summed E-state index contributed by atoms with van der Waals surface area (Å²) in [6.07, 6.45) is 9.23. The first kappa shape index (κ1) is 14.8. The van der Waals surface area contributed by atoms with Crippen LogP contribution in [0.3, 0.4) is 0 Å². The number of hydrogen-bond acceptors (Lipinski definition) is 4. The van der Waals surface area contributed by atoms with Crippen LogP contribution in [-0.4, -0.2) is 22.9 Å². The lowest BCUT2D eigenvalue weighted by atomic mass is 9.86. The van der Waals surface area contributed by atoms with Crippen LogP contribution in [-0.2, 0) is 13.0 Å².